The maximum Gasteiger partial charge on any atom is 1.00 e. The van der Waals surface area contributed by atoms with Gasteiger partial charge in [-0.3, -0.25) is 4.79 Å². The molecule has 5 nitrogen and oxygen atoms in total. The number of fused-ring (bicyclic) bond motifs is 1. The Labute approximate surface area is 196 Å². The topological polar surface area (TPSA) is 85.0 Å². The molecule has 0 unspecified atom stereocenters. The normalized spacial score (nSPS) is 11.8. The number of aromatic amines is 1. The van der Waals surface area contributed by atoms with Crippen LogP contribution in [0, 0.1) is 0 Å². The van der Waals surface area contributed by atoms with Crippen LogP contribution in [0.3, 0.4) is 0 Å². The van der Waals surface area contributed by atoms with E-state index in [1.165, 1.54) is 38.5 Å². The second kappa shape index (κ2) is 14.6. The first kappa shape index (κ1) is 25.7. The average molecular weight is 409 g/mol. The quantitative estimate of drug-likeness (QED) is 0.359. The maximum atomic E-state index is 12.1. The van der Waals surface area contributed by atoms with Crippen LogP contribution in [-0.2, 0) is 16.0 Å². The molecule has 0 aliphatic rings. The van der Waals surface area contributed by atoms with Crippen molar-refractivity contribution < 1.29 is 44.3 Å². The van der Waals surface area contributed by atoms with E-state index in [1.807, 2.05) is 24.3 Å². The molecule has 0 saturated heterocycles. The molecular weight excluding hydrogens is 375 g/mol. The number of carboxylic acid groups (broad SMARTS) is 1. The van der Waals surface area contributed by atoms with E-state index < -0.39 is 12.0 Å². The Bertz CT molecular complexity index is 745. The predicted molar refractivity (Wildman–Crippen MR) is 111 cm³/mol. The zero-order chi connectivity index (χ0) is 20.2. The number of hydrogen-bond acceptors (Lipinski definition) is 3. The summed E-state index contributed by atoms with van der Waals surface area (Å²) in [5.74, 6) is -1.46. The number of hydrogen-bond donors (Lipinski definition) is 2. The van der Waals surface area contributed by atoms with Crippen LogP contribution < -0.4 is 40.0 Å². The number of rotatable bonds is 14. The molecular formula is C23H33N2NaO3. The van der Waals surface area contributed by atoms with Crippen LogP contribution in [0.25, 0.3) is 10.9 Å². The number of carboxylic acids is 1. The van der Waals surface area contributed by atoms with Crippen LogP contribution in [-0.4, -0.2) is 22.9 Å². The number of carbonyl (C=O) groups excluding carboxylic acids is 2. The van der Waals surface area contributed by atoms with Crippen molar-refractivity contribution >= 4 is 22.8 Å². The molecule has 0 saturated carbocycles. The second-order valence-electron chi connectivity index (χ2n) is 7.58. The van der Waals surface area contributed by atoms with Crippen molar-refractivity contribution in [1.29, 1.82) is 0 Å². The van der Waals surface area contributed by atoms with Gasteiger partial charge in [0.25, 0.3) is 0 Å². The average Bonchev–Trinajstić information content (AvgIpc) is 3.09. The summed E-state index contributed by atoms with van der Waals surface area (Å²) in [6.45, 7) is 2.22. The van der Waals surface area contributed by atoms with Crippen molar-refractivity contribution in [3.05, 3.63) is 36.0 Å². The zero-order valence-electron chi connectivity index (χ0n) is 18.0. The first-order valence-electron chi connectivity index (χ1n) is 10.7. The Morgan fingerprint density at radius 2 is 1.62 bits per heavy atom. The van der Waals surface area contributed by atoms with Gasteiger partial charge in [-0.1, -0.05) is 76.5 Å². The van der Waals surface area contributed by atoms with E-state index in [1.54, 1.807) is 6.20 Å². The van der Waals surface area contributed by atoms with Crippen molar-refractivity contribution in [2.45, 2.75) is 83.6 Å². The molecule has 0 aliphatic carbocycles. The van der Waals surface area contributed by atoms with Gasteiger partial charge in [0.15, 0.2) is 0 Å². The third kappa shape index (κ3) is 9.37. The van der Waals surface area contributed by atoms with Crippen molar-refractivity contribution in [3.8, 4) is 0 Å². The van der Waals surface area contributed by atoms with Gasteiger partial charge in [-0.15, -0.1) is 0 Å². The number of aromatic nitrogens is 1. The summed E-state index contributed by atoms with van der Waals surface area (Å²) in [5.41, 5.74) is 1.82. The van der Waals surface area contributed by atoms with Gasteiger partial charge in [0, 0.05) is 29.9 Å². The van der Waals surface area contributed by atoms with Gasteiger partial charge in [0.05, 0.1) is 12.0 Å². The summed E-state index contributed by atoms with van der Waals surface area (Å²) in [7, 11) is 0. The van der Waals surface area contributed by atoms with Gasteiger partial charge in [0.2, 0.25) is 5.91 Å². The van der Waals surface area contributed by atoms with E-state index >= 15 is 0 Å². The van der Waals surface area contributed by atoms with Crippen LogP contribution in [0.15, 0.2) is 30.5 Å². The molecule has 2 aromatic rings. The van der Waals surface area contributed by atoms with Crippen LogP contribution in [0.1, 0.15) is 76.7 Å². The van der Waals surface area contributed by atoms with E-state index in [2.05, 4.69) is 17.2 Å². The van der Waals surface area contributed by atoms with Gasteiger partial charge in [-0.05, 0) is 18.1 Å². The van der Waals surface area contributed by atoms with Gasteiger partial charge in [-0.2, -0.15) is 0 Å². The monoisotopic (exact) mass is 408 g/mol. The standard InChI is InChI=1S/C23H34N2O3.Na/c1-2-3-4-5-6-7-8-9-10-15-22(26)25-21(23(27)28)16-18-17-24-20-14-12-11-13-19(18)20;/h11-14,17,21,24H,2-10,15-16H2,1H3,(H,25,26)(H,27,28);/q;+1/p-1/t21-;/m0./s1. The Balaban J connectivity index is 0.00000420. The molecule has 0 aliphatic heterocycles. The Kier molecular flexibility index (Phi) is 13.0. The molecule has 2 N–H and O–H groups in total. The molecule has 1 aromatic carbocycles. The number of para-hydroxylation sites is 1. The minimum atomic E-state index is -1.24. The third-order valence-corrected chi connectivity index (χ3v) is 5.23. The molecule has 0 radical (unpaired) electrons. The largest absolute Gasteiger partial charge is 1.00 e. The summed E-state index contributed by atoms with van der Waals surface area (Å²) >= 11 is 0. The van der Waals surface area contributed by atoms with Crippen LogP contribution in [0.4, 0.5) is 0 Å². The Morgan fingerprint density at radius 1 is 1.00 bits per heavy atom. The predicted octanol–water partition coefficient (Wildman–Crippen LogP) is 0.870. The van der Waals surface area contributed by atoms with Gasteiger partial charge in [0.1, 0.15) is 0 Å². The van der Waals surface area contributed by atoms with Crippen LogP contribution >= 0.6 is 0 Å². The van der Waals surface area contributed by atoms with Crippen molar-refractivity contribution in [2.75, 3.05) is 0 Å². The van der Waals surface area contributed by atoms with E-state index in [9.17, 15) is 14.7 Å². The van der Waals surface area contributed by atoms with Crippen molar-refractivity contribution in [1.82, 2.24) is 10.3 Å². The van der Waals surface area contributed by atoms with Gasteiger partial charge in [-0.25, -0.2) is 0 Å². The molecule has 1 heterocycles. The first-order valence-corrected chi connectivity index (χ1v) is 10.7. The van der Waals surface area contributed by atoms with E-state index in [-0.39, 0.29) is 41.9 Å². The number of nitrogens with one attached hydrogen (secondary N) is 2. The van der Waals surface area contributed by atoms with Crippen molar-refractivity contribution in [2.24, 2.45) is 0 Å². The smallest absolute Gasteiger partial charge is 0.548 e. The molecule has 1 aromatic heterocycles. The fourth-order valence-electron chi connectivity index (χ4n) is 3.58. The number of amides is 1. The van der Waals surface area contributed by atoms with Gasteiger partial charge >= 0.3 is 29.6 Å². The fourth-order valence-corrected chi connectivity index (χ4v) is 3.58. The first-order chi connectivity index (χ1) is 13.6. The number of H-pyrrole nitrogens is 1. The second-order valence-corrected chi connectivity index (χ2v) is 7.58. The molecule has 29 heavy (non-hydrogen) atoms. The molecule has 2 rings (SSSR count). The minimum Gasteiger partial charge on any atom is -0.548 e. The minimum absolute atomic E-state index is 0. The molecule has 0 bridgehead atoms. The Morgan fingerprint density at radius 3 is 2.28 bits per heavy atom. The zero-order valence-corrected chi connectivity index (χ0v) is 20.0. The van der Waals surface area contributed by atoms with E-state index in [4.69, 9.17) is 0 Å². The molecule has 0 fully saturated rings. The van der Waals surface area contributed by atoms with E-state index in [0.29, 0.717) is 6.42 Å². The van der Waals surface area contributed by atoms with E-state index in [0.717, 1.165) is 35.7 Å². The third-order valence-electron chi connectivity index (χ3n) is 5.23. The summed E-state index contributed by atoms with van der Waals surface area (Å²) in [4.78, 5) is 26.8. The molecule has 1 amide bonds. The summed E-state index contributed by atoms with van der Waals surface area (Å²) in [6.07, 6.45) is 13.0. The molecule has 154 valence electrons. The van der Waals surface area contributed by atoms with Crippen molar-refractivity contribution in [3.63, 3.8) is 0 Å². The van der Waals surface area contributed by atoms with Gasteiger partial charge < -0.3 is 20.2 Å². The summed E-state index contributed by atoms with van der Waals surface area (Å²) < 4.78 is 0. The molecule has 0 spiro atoms. The van der Waals surface area contributed by atoms with Crippen LogP contribution in [0.5, 0.6) is 0 Å². The molecule has 1 atom stereocenters. The summed E-state index contributed by atoms with van der Waals surface area (Å²) in [5, 5.41) is 15.1. The number of aliphatic carboxylic acids is 1. The Hall–Kier alpha value is -1.30. The maximum absolute atomic E-state index is 12.1. The van der Waals surface area contributed by atoms with Crippen LogP contribution in [0.2, 0.25) is 0 Å². The molecule has 6 heteroatoms. The number of carbonyl (C=O) groups is 2. The number of unbranched alkanes of at least 4 members (excludes halogenated alkanes) is 8. The fraction of sp³-hybridized carbons (Fsp3) is 0.565. The number of benzene rings is 1. The SMILES string of the molecule is CCCCCCCCCCCC(=O)N[C@@H](Cc1c[nH]c2ccccc12)C(=O)[O-].[Na+]. The summed E-state index contributed by atoms with van der Waals surface area (Å²) in [6, 6.07) is 6.71.